The predicted octanol–water partition coefficient (Wildman–Crippen LogP) is 2.88. The third-order valence-corrected chi connectivity index (χ3v) is 3.41. The van der Waals surface area contributed by atoms with Gasteiger partial charge in [-0.3, -0.25) is 0 Å². The molecule has 0 aliphatic rings. The van der Waals surface area contributed by atoms with Gasteiger partial charge in [0.25, 0.3) is 0 Å². The molecule has 3 aromatic rings. The fraction of sp³-hybridized carbons (Fsp3) is 0.250. The summed E-state index contributed by atoms with van der Waals surface area (Å²) < 4.78 is 9.69. The summed E-state index contributed by atoms with van der Waals surface area (Å²) in [6, 6.07) is 5.44. The van der Waals surface area contributed by atoms with E-state index in [4.69, 9.17) is 10.2 Å². The molecule has 0 bridgehead atoms. The summed E-state index contributed by atoms with van der Waals surface area (Å²) in [7, 11) is 0. The number of nitrogens with two attached hydrogens (primary N) is 1. The van der Waals surface area contributed by atoms with Crippen LogP contribution < -0.4 is 5.73 Å². The molecule has 0 radical (unpaired) electrons. The third kappa shape index (κ3) is 1.84. The van der Waals surface area contributed by atoms with E-state index in [1.54, 1.807) is 6.07 Å². The van der Waals surface area contributed by atoms with Crippen molar-refractivity contribution in [1.29, 1.82) is 0 Å². The van der Waals surface area contributed by atoms with E-state index >= 15 is 0 Å². The second-order valence-electron chi connectivity index (χ2n) is 4.04. The van der Waals surface area contributed by atoms with Gasteiger partial charge in [0.2, 0.25) is 5.89 Å². The topological polar surface area (TPSA) is 77.8 Å². The highest BCUT2D eigenvalue weighted by Crippen LogP contribution is 2.30. The van der Waals surface area contributed by atoms with E-state index in [1.807, 2.05) is 12.1 Å². The van der Waals surface area contributed by atoms with Crippen molar-refractivity contribution in [3.63, 3.8) is 0 Å². The molecule has 2 aromatic heterocycles. The van der Waals surface area contributed by atoms with Crippen molar-refractivity contribution in [2.45, 2.75) is 19.8 Å². The number of aryl methyl sites for hydroxylation is 1. The zero-order valence-corrected chi connectivity index (χ0v) is 10.7. The highest BCUT2D eigenvalue weighted by atomic mass is 32.1. The molecule has 0 saturated carbocycles. The molecule has 92 valence electrons. The SMILES string of the molecule is CCCc1nnsc1-c1nc2ccc(N)cc2o1. The van der Waals surface area contributed by atoms with Gasteiger partial charge in [-0.15, -0.1) is 5.10 Å². The Balaban J connectivity index is 2.10. The number of aromatic nitrogens is 3. The predicted molar refractivity (Wildman–Crippen MR) is 71.3 cm³/mol. The van der Waals surface area contributed by atoms with Crippen LogP contribution in [0.4, 0.5) is 5.69 Å². The van der Waals surface area contributed by atoms with E-state index in [9.17, 15) is 0 Å². The van der Waals surface area contributed by atoms with Crippen molar-refractivity contribution in [3.05, 3.63) is 23.9 Å². The number of nitrogen functional groups attached to an aromatic ring is 1. The maximum atomic E-state index is 5.72. The molecule has 2 N–H and O–H groups in total. The van der Waals surface area contributed by atoms with Gasteiger partial charge >= 0.3 is 0 Å². The molecule has 0 unspecified atom stereocenters. The quantitative estimate of drug-likeness (QED) is 0.732. The first-order valence-electron chi connectivity index (χ1n) is 5.75. The maximum absolute atomic E-state index is 5.72. The summed E-state index contributed by atoms with van der Waals surface area (Å²) in [5, 5.41) is 4.11. The van der Waals surface area contributed by atoms with Crippen LogP contribution in [-0.2, 0) is 6.42 Å². The van der Waals surface area contributed by atoms with Gasteiger partial charge in [0.1, 0.15) is 10.4 Å². The number of benzene rings is 1. The Hall–Kier alpha value is -1.95. The van der Waals surface area contributed by atoms with Gasteiger partial charge in [-0.2, -0.15) is 0 Å². The fourth-order valence-corrected chi connectivity index (χ4v) is 2.44. The lowest BCUT2D eigenvalue weighted by Crippen LogP contribution is -1.86. The Morgan fingerprint density at radius 1 is 1.39 bits per heavy atom. The first-order chi connectivity index (χ1) is 8.78. The van der Waals surface area contributed by atoms with Crippen LogP contribution in [0.2, 0.25) is 0 Å². The van der Waals surface area contributed by atoms with E-state index in [-0.39, 0.29) is 0 Å². The zero-order valence-electron chi connectivity index (χ0n) is 9.88. The van der Waals surface area contributed by atoms with Gasteiger partial charge in [-0.1, -0.05) is 17.8 Å². The Morgan fingerprint density at radius 2 is 2.28 bits per heavy atom. The van der Waals surface area contributed by atoms with Gasteiger partial charge in [0.05, 0.1) is 5.69 Å². The number of anilines is 1. The first kappa shape index (κ1) is 11.2. The molecule has 0 fully saturated rings. The molecule has 0 saturated heterocycles. The van der Waals surface area contributed by atoms with E-state index in [1.165, 1.54) is 11.5 Å². The Labute approximate surface area is 108 Å². The van der Waals surface area contributed by atoms with E-state index in [2.05, 4.69) is 21.5 Å². The molecule has 0 spiro atoms. The third-order valence-electron chi connectivity index (χ3n) is 2.65. The number of hydrogen-bond donors (Lipinski definition) is 1. The number of fused-ring (bicyclic) bond motifs is 1. The van der Waals surface area contributed by atoms with Crippen LogP contribution in [0.15, 0.2) is 22.6 Å². The standard InChI is InChI=1S/C12H12N4OS/c1-2-3-9-11(18-16-15-9)12-14-8-5-4-7(13)6-10(8)17-12/h4-6H,2-3,13H2,1H3. The Kier molecular flexibility index (Phi) is 2.71. The van der Waals surface area contributed by atoms with Crippen LogP contribution in [0, 0.1) is 0 Å². The second kappa shape index (κ2) is 4.38. The molecule has 2 heterocycles. The van der Waals surface area contributed by atoms with Crippen LogP contribution >= 0.6 is 11.5 Å². The van der Waals surface area contributed by atoms with Gasteiger partial charge < -0.3 is 10.2 Å². The van der Waals surface area contributed by atoms with Crippen molar-refractivity contribution in [3.8, 4) is 10.8 Å². The van der Waals surface area contributed by atoms with Crippen LogP contribution in [0.1, 0.15) is 19.0 Å². The largest absolute Gasteiger partial charge is 0.435 e. The summed E-state index contributed by atoms with van der Waals surface area (Å²) in [6.07, 6.45) is 1.90. The van der Waals surface area contributed by atoms with E-state index in [0.717, 1.165) is 28.9 Å². The van der Waals surface area contributed by atoms with Crippen molar-refractivity contribution < 1.29 is 4.42 Å². The molecular formula is C12H12N4OS. The highest BCUT2D eigenvalue weighted by Gasteiger charge is 2.15. The maximum Gasteiger partial charge on any atom is 0.241 e. The summed E-state index contributed by atoms with van der Waals surface area (Å²) in [6.45, 7) is 2.11. The monoisotopic (exact) mass is 260 g/mol. The van der Waals surface area contributed by atoms with Crippen LogP contribution in [0.3, 0.4) is 0 Å². The number of nitrogens with zero attached hydrogens (tertiary/aromatic N) is 3. The lowest BCUT2D eigenvalue weighted by molar-refractivity contribution is 0.620. The molecular weight excluding hydrogens is 248 g/mol. The fourth-order valence-electron chi connectivity index (χ4n) is 1.81. The minimum Gasteiger partial charge on any atom is -0.435 e. The number of rotatable bonds is 3. The van der Waals surface area contributed by atoms with Crippen LogP contribution in [0.25, 0.3) is 21.9 Å². The molecule has 0 aliphatic carbocycles. The lowest BCUT2D eigenvalue weighted by Gasteiger charge is -1.93. The van der Waals surface area contributed by atoms with E-state index in [0.29, 0.717) is 17.2 Å². The van der Waals surface area contributed by atoms with E-state index < -0.39 is 0 Å². The average Bonchev–Trinajstić information content (AvgIpc) is 2.94. The molecule has 6 heteroatoms. The van der Waals surface area contributed by atoms with Crippen LogP contribution in [-0.4, -0.2) is 14.6 Å². The first-order valence-corrected chi connectivity index (χ1v) is 6.53. The molecule has 0 aliphatic heterocycles. The summed E-state index contributed by atoms with van der Waals surface area (Å²) in [5.41, 5.74) is 8.83. The molecule has 1 aromatic carbocycles. The summed E-state index contributed by atoms with van der Waals surface area (Å²) >= 11 is 1.31. The van der Waals surface area contributed by atoms with Gasteiger partial charge in [-0.25, -0.2) is 4.98 Å². The van der Waals surface area contributed by atoms with Crippen molar-refractivity contribution in [2.75, 3.05) is 5.73 Å². The average molecular weight is 260 g/mol. The molecule has 0 atom stereocenters. The molecule has 18 heavy (non-hydrogen) atoms. The van der Waals surface area contributed by atoms with Crippen molar-refractivity contribution in [1.82, 2.24) is 14.6 Å². The minimum atomic E-state index is 0.578. The van der Waals surface area contributed by atoms with Crippen molar-refractivity contribution in [2.24, 2.45) is 0 Å². The smallest absolute Gasteiger partial charge is 0.241 e. The van der Waals surface area contributed by atoms with Gasteiger partial charge in [-0.05, 0) is 30.1 Å². The lowest BCUT2D eigenvalue weighted by atomic mass is 10.2. The highest BCUT2D eigenvalue weighted by molar-refractivity contribution is 7.09. The molecule has 5 nitrogen and oxygen atoms in total. The number of oxazole rings is 1. The Bertz CT molecular complexity index is 688. The summed E-state index contributed by atoms with van der Waals surface area (Å²) in [5.74, 6) is 0.578. The van der Waals surface area contributed by atoms with Crippen molar-refractivity contribution >= 4 is 28.3 Å². The molecule has 0 amide bonds. The minimum absolute atomic E-state index is 0.578. The normalized spacial score (nSPS) is 11.2. The number of hydrogen-bond acceptors (Lipinski definition) is 6. The van der Waals surface area contributed by atoms with Crippen LogP contribution in [0.5, 0.6) is 0 Å². The van der Waals surface area contributed by atoms with Gasteiger partial charge in [0.15, 0.2) is 5.58 Å². The second-order valence-corrected chi connectivity index (χ2v) is 4.80. The zero-order chi connectivity index (χ0) is 12.5. The molecule has 3 rings (SSSR count). The summed E-state index contributed by atoms with van der Waals surface area (Å²) in [4.78, 5) is 5.36. The van der Waals surface area contributed by atoms with Gasteiger partial charge in [0, 0.05) is 11.8 Å². The Morgan fingerprint density at radius 3 is 3.11 bits per heavy atom.